The highest BCUT2D eigenvalue weighted by Gasteiger charge is 2.41. The molecule has 0 bridgehead atoms. The Kier molecular flexibility index (Phi) is 4.74. The summed E-state index contributed by atoms with van der Waals surface area (Å²) in [5, 5.41) is 9.94. The molecule has 2 rings (SSSR count). The number of hydrogen-bond acceptors (Lipinski definition) is 4. The van der Waals surface area contributed by atoms with E-state index in [0.29, 0.717) is 17.9 Å². The van der Waals surface area contributed by atoms with Gasteiger partial charge in [-0.1, -0.05) is 5.22 Å². The van der Waals surface area contributed by atoms with Crippen molar-refractivity contribution in [1.29, 1.82) is 0 Å². The van der Waals surface area contributed by atoms with E-state index in [9.17, 15) is 4.79 Å². The maximum Gasteiger partial charge on any atom is 0.410 e. The van der Waals surface area contributed by atoms with Gasteiger partial charge in [0.05, 0.1) is 7.05 Å². The van der Waals surface area contributed by atoms with Gasteiger partial charge in [0.25, 0.3) is 0 Å². The minimum Gasteiger partial charge on any atom is -0.444 e. The quantitative estimate of drug-likeness (QED) is 0.581. The van der Waals surface area contributed by atoms with Crippen LogP contribution in [-0.4, -0.2) is 54.8 Å². The Morgan fingerprint density at radius 1 is 1.29 bits per heavy atom. The number of likely N-dealkylation sites (tertiary alicyclic amines) is 1. The number of carbonyl (C=O) groups excluding carboxylic acids is 1. The molecule has 2 aliphatic rings. The van der Waals surface area contributed by atoms with Gasteiger partial charge in [0.2, 0.25) is 0 Å². The summed E-state index contributed by atoms with van der Waals surface area (Å²) in [7, 11) is 3.68. The van der Waals surface area contributed by atoms with Crippen molar-refractivity contribution in [1.82, 2.24) is 9.91 Å². The Hall–Kier alpha value is -1.33. The monoisotopic (exact) mass is 296 g/mol. The Bertz CT molecular complexity index is 405. The number of ether oxygens (including phenoxy) is 1. The zero-order chi connectivity index (χ0) is 15.6. The number of amides is 1. The lowest BCUT2D eigenvalue weighted by Gasteiger charge is -2.35. The smallest absolute Gasteiger partial charge is 0.410 e. The van der Waals surface area contributed by atoms with Crippen LogP contribution in [0.2, 0.25) is 0 Å². The van der Waals surface area contributed by atoms with E-state index in [2.05, 4.69) is 10.3 Å². The van der Waals surface area contributed by atoms with Crippen LogP contribution < -0.4 is 0 Å². The van der Waals surface area contributed by atoms with E-state index in [4.69, 9.17) is 4.74 Å². The van der Waals surface area contributed by atoms with E-state index in [1.54, 1.807) is 7.05 Å². The zero-order valence-corrected chi connectivity index (χ0v) is 13.9. The van der Waals surface area contributed by atoms with Crippen LogP contribution in [0, 0.1) is 11.8 Å². The highest BCUT2D eigenvalue weighted by molar-refractivity contribution is 5.68. The van der Waals surface area contributed by atoms with Crippen LogP contribution in [-0.2, 0) is 4.74 Å². The van der Waals surface area contributed by atoms with E-state index < -0.39 is 5.60 Å². The molecule has 0 aromatic rings. The minimum absolute atomic E-state index is 0.175. The Labute approximate surface area is 127 Å². The SMILES string of the molecule is C/N=N/N(C)[C@@H]1C[C@H]2CCN(C(=O)OC(C)(C)C)C[C@H]2C1. The predicted octanol–water partition coefficient (Wildman–Crippen LogP) is 2.95. The number of piperidine rings is 1. The maximum absolute atomic E-state index is 12.2. The summed E-state index contributed by atoms with van der Waals surface area (Å²) in [6.07, 6.45) is 3.13. The van der Waals surface area contributed by atoms with Crippen molar-refractivity contribution in [2.24, 2.45) is 22.2 Å². The summed E-state index contributed by atoms with van der Waals surface area (Å²) in [5.74, 6) is 1.26. The van der Waals surface area contributed by atoms with Crippen molar-refractivity contribution in [2.45, 2.75) is 51.7 Å². The molecule has 0 radical (unpaired) electrons. The van der Waals surface area contributed by atoms with E-state index in [0.717, 1.165) is 32.4 Å². The number of fused-ring (bicyclic) bond motifs is 1. The molecule has 0 spiro atoms. The number of carbonyl (C=O) groups is 1. The Morgan fingerprint density at radius 2 is 1.95 bits per heavy atom. The molecular weight excluding hydrogens is 268 g/mol. The average Bonchev–Trinajstić information content (AvgIpc) is 2.79. The lowest BCUT2D eigenvalue weighted by atomic mass is 9.89. The van der Waals surface area contributed by atoms with E-state index in [-0.39, 0.29) is 6.09 Å². The lowest BCUT2D eigenvalue weighted by molar-refractivity contribution is 0.0127. The summed E-state index contributed by atoms with van der Waals surface area (Å²) in [5.41, 5.74) is -0.423. The van der Waals surface area contributed by atoms with Crippen LogP contribution in [0.3, 0.4) is 0 Å². The van der Waals surface area contributed by atoms with Crippen molar-refractivity contribution < 1.29 is 9.53 Å². The fourth-order valence-corrected chi connectivity index (χ4v) is 3.46. The van der Waals surface area contributed by atoms with Gasteiger partial charge in [-0.05, 0) is 51.9 Å². The molecule has 1 amide bonds. The van der Waals surface area contributed by atoms with Crippen LogP contribution in [0.15, 0.2) is 10.3 Å². The molecule has 120 valence electrons. The van der Waals surface area contributed by atoms with Crippen molar-refractivity contribution in [2.75, 3.05) is 27.2 Å². The van der Waals surface area contributed by atoms with Crippen LogP contribution in [0.25, 0.3) is 0 Å². The van der Waals surface area contributed by atoms with Crippen molar-refractivity contribution >= 4 is 6.09 Å². The topological polar surface area (TPSA) is 57.5 Å². The van der Waals surface area contributed by atoms with Crippen molar-refractivity contribution in [3.63, 3.8) is 0 Å². The third-order valence-electron chi connectivity index (χ3n) is 4.45. The summed E-state index contributed by atoms with van der Waals surface area (Å²) < 4.78 is 5.48. The summed E-state index contributed by atoms with van der Waals surface area (Å²) in [6, 6.07) is 0.447. The second kappa shape index (κ2) is 6.20. The first kappa shape index (κ1) is 16.0. The van der Waals surface area contributed by atoms with Gasteiger partial charge in [-0.2, -0.15) is 5.11 Å². The molecule has 6 nitrogen and oxygen atoms in total. The summed E-state index contributed by atoms with van der Waals surface area (Å²) >= 11 is 0. The van der Waals surface area contributed by atoms with Crippen LogP contribution in [0.1, 0.15) is 40.0 Å². The molecule has 1 aliphatic heterocycles. The molecule has 3 atom stereocenters. The van der Waals surface area contributed by atoms with Gasteiger partial charge in [0, 0.05) is 26.2 Å². The molecule has 6 heteroatoms. The van der Waals surface area contributed by atoms with Crippen LogP contribution in [0.5, 0.6) is 0 Å². The normalized spacial score (nSPS) is 29.6. The van der Waals surface area contributed by atoms with Gasteiger partial charge in [0.1, 0.15) is 5.60 Å². The van der Waals surface area contributed by atoms with Gasteiger partial charge < -0.3 is 9.64 Å². The standard InChI is InChI=1S/C15H28N4O2/c1-15(2,3)21-14(20)19-7-6-11-8-13(9-12(11)10-19)18(5)17-16-4/h11-13H,6-10H2,1-5H3/b17-16+/t11-,12-,13-/m1/s1. The minimum atomic E-state index is -0.423. The first-order valence-corrected chi connectivity index (χ1v) is 7.80. The van der Waals surface area contributed by atoms with Crippen LogP contribution >= 0.6 is 0 Å². The second-order valence-corrected chi connectivity index (χ2v) is 7.22. The third-order valence-corrected chi connectivity index (χ3v) is 4.45. The second-order valence-electron chi connectivity index (χ2n) is 7.22. The molecule has 0 N–H and O–H groups in total. The average molecular weight is 296 g/mol. The van der Waals surface area contributed by atoms with Gasteiger partial charge >= 0.3 is 6.09 Å². The molecule has 1 heterocycles. The molecule has 1 saturated heterocycles. The molecule has 1 aliphatic carbocycles. The van der Waals surface area contributed by atoms with E-state index in [1.807, 2.05) is 37.7 Å². The fourth-order valence-electron chi connectivity index (χ4n) is 3.46. The van der Waals surface area contributed by atoms with Gasteiger partial charge in [-0.15, -0.1) is 0 Å². The molecule has 1 saturated carbocycles. The largest absolute Gasteiger partial charge is 0.444 e. The van der Waals surface area contributed by atoms with Crippen LogP contribution in [0.4, 0.5) is 4.79 Å². The third kappa shape index (κ3) is 4.08. The first-order valence-electron chi connectivity index (χ1n) is 7.80. The summed E-state index contributed by atoms with van der Waals surface area (Å²) in [6.45, 7) is 7.35. The van der Waals surface area contributed by atoms with Gasteiger partial charge in [-0.25, -0.2) is 4.79 Å². The van der Waals surface area contributed by atoms with Crippen molar-refractivity contribution in [3.8, 4) is 0 Å². The highest BCUT2D eigenvalue weighted by Crippen LogP contribution is 2.40. The molecule has 0 unspecified atom stereocenters. The number of hydrogen-bond donors (Lipinski definition) is 0. The molecule has 0 aromatic heterocycles. The molecule has 21 heavy (non-hydrogen) atoms. The van der Waals surface area contributed by atoms with Gasteiger partial charge in [0.15, 0.2) is 0 Å². The zero-order valence-electron chi connectivity index (χ0n) is 13.9. The highest BCUT2D eigenvalue weighted by atomic mass is 16.6. The van der Waals surface area contributed by atoms with Crippen molar-refractivity contribution in [3.05, 3.63) is 0 Å². The molecular formula is C15H28N4O2. The molecule has 0 aromatic carbocycles. The van der Waals surface area contributed by atoms with E-state index >= 15 is 0 Å². The Balaban J connectivity index is 1.91. The summed E-state index contributed by atoms with van der Waals surface area (Å²) in [4.78, 5) is 14.1. The predicted molar refractivity (Wildman–Crippen MR) is 81.0 cm³/mol. The fraction of sp³-hybridized carbons (Fsp3) is 0.933. The number of rotatable bonds is 2. The molecule has 2 fully saturated rings. The lowest BCUT2D eigenvalue weighted by Crippen LogP contribution is -2.44. The Morgan fingerprint density at radius 3 is 2.57 bits per heavy atom. The maximum atomic E-state index is 12.2. The van der Waals surface area contributed by atoms with Gasteiger partial charge in [-0.3, -0.25) is 5.01 Å². The first-order chi connectivity index (χ1) is 9.80. The van der Waals surface area contributed by atoms with E-state index in [1.165, 1.54) is 0 Å². The number of nitrogens with zero attached hydrogens (tertiary/aromatic N) is 4.